The maximum absolute atomic E-state index is 13.2. The van der Waals surface area contributed by atoms with E-state index in [1.165, 1.54) is 17.0 Å². The molecule has 1 aliphatic heterocycles. The zero-order valence-corrected chi connectivity index (χ0v) is 9.77. The van der Waals surface area contributed by atoms with Gasteiger partial charge in [-0.05, 0) is 31.0 Å². The van der Waals surface area contributed by atoms with Crippen LogP contribution in [0.2, 0.25) is 0 Å². The predicted molar refractivity (Wildman–Crippen MR) is 62.9 cm³/mol. The van der Waals surface area contributed by atoms with Crippen LogP contribution in [0.3, 0.4) is 0 Å². The number of aromatic nitrogens is 3. The molecule has 0 atom stereocenters. The molecular weight excluding hydrogens is 235 g/mol. The molecule has 3 rings (SSSR count). The molecular formula is C12H11FN4O. The van der Waals surface area contributed by atoms with E-state index in [-0.39, 0.29) is 17.5 Å². The molecule has 0 unspecified atom stereocenters. The van der Waals surface area contributed by atoms with Crippen molar-refractivity contribution in [1.82, 2.24) is 15.2 Å². The van der Waals surface area contributed by atoms with Crippen LogP contribution in [0.1, 0.15) is 22.0 Å². The minimum Gasteiger partial charge on any atom is -0.305 e. The van der Waals surface area contributed by atoms with Gasteiger partial charge in [0.25, 0.3) is 5.91 Å². The van der Waals surface area contributed by atoms with Crippen molar-refractivity contribution < 1.29 is 9.18 Å². The summed E-state index contributed by atoms with van der Waals surface area (Å²) in [6.07, 6.45) is 0.727. The van der Waals surface area contributed by atoms with Crippen LogP contribution in [-0.2, 0) is 6.42 Å². The van der Waals surface area contributed by atoms with Crippen molar-refractivity contribution in [2.75, 3.05) is 11.4 Å². The molecule has 1 amide bonds. The van der Waals surface area contributed by atoms with Gasteiger partial charge >= 0.3 is 0 Å². The minimum absolute atomic E-state index is 0.115. The maximum Gasteiger partial charge on any atom is 0.297 e. The number of fused-ring (bicyclic) bond motifs is 1. The van der Waals surface area contributed by atoms with Gasteiger partial charge in [-0.15, -0.1) is 5.10 Å². The molecule has 5 nitrogen and oxygen atoms in total. The number of aromatic amines is 1. The molecule has 1 aromatic carbocycles. The third kappa shape index (κ3) is 1.66. The highest BCUT2D eigenvalue weighted by atomic mass is 19.1. The smallest absolute Gasteiger partial charge is 0.297 e. The summed E-state index contributed by atoms with van der Waals surface area (Å²) in [6.45, 7) is 2.26. The first-order chi connectivity index (χ1) is 8.65. The predicted octanol–water partition coefficient (Wildman–Crippen LogP) is 1.46. The summed E-state index contributed by atoms with van der Waals surface area (Å²) < 4.78 is 13.2. The van der Waals surface area contributed by atoms with E-state index in [1.54, 1.807) is 13.0 Å². The van der Waals surface area contributed by atoms with Crippen molar-refractivity contribution >= 4 is 11.6 Å². The van der Waals surface area contributed by atoms with Crippen molar-refractivity contribution in [3.05, 3.63) is 41.2 Å². The number of halogens is 1. The van der Waals surface area contributed by atoms with Crippen molar-refractivity contribution in [2.45, 2.75) is 13.3 Å². The fourth-order valence-corrected chi connectivity index (χ4v) is 2.12. The average Bonchev–Trinajstić information content (AvgIpc) is 2.94. The number of carbonyl (C=O) groups is 1. The van der Waals surface area contributed by atoms with E-state index in [4.69, 9.17) is 0 Å². The molecule has 0 spiro atoms. The number of H-pyrrole nitrogens is 1. The number of carbonyl (C=O) groups excluding carboxylic acids is 1. The molecule has 0 fully saturated rings. The molecule has 18 heavy (non-hydrogen) atoms. The third-order valence-corrected chi connectivity index (χ3v) is 2.98. The number of amides is 1. The fourth-order valence-electron chi connectivity index (χ4n) is 2.12. The molecule has 0 aliphatic carbocycles. The normalized spacial score (nSPS) is 13.8. The lowest BCUT2D eigenvalue weighted by Crippen LogP contribution is -2.29. The zero-order valence-electron chi connectivity index (χ0n) is 9.77. The van der Waals surface area contributed by atoms with Gasteiger partial charge in [0.15, 0.2) is 0 Å². The summed E-state index contributed by atoms with van der Waals surface area (Å²) in [7, 11) is 0. The summed E-state index contributed by atoms with van der Waals surface area (Å²) in [5, 5.41) is 6.46. The first-order valence-corrected chi connectivity index (χ1v) is 5.64. The molecule has 92 valence electrons. The molecule has 1 aliphatic rings. The Kier molecular flexibility index (Phi) is 2.36. The van der Waals surface area contributed by atoms with Crippen LogP contribution in [0.25, 0.3) is 0 Å². The molecule has 0 saturated carbocycles. The van der Waals surface area contributed by atoms with E-state index in [1.807, 2.05) is 0 Å². The standard InChI is InChI=1S/C12H11FN4O/c1-7-14-11(16-15-7)12(18)17-5-4-8-2-3-9(13)6-10(8)17/h2-3,6H,4-5H2,1H3,(H,14,15,16). The van der Waals surface area contributed by atoms with E-state index >= 15 is 0 Å². The van der Waals surface area contributed by atoms with Crippen LogP contribution in [0.15, 0.2) is 18.2 Å². The Bertz CT molecular complexity index is 622. The second-order valence-electron chi connectivity index (χ2n) is 4.22. The largest absolute Gasteiger partial charge is 0.305 e. The number of nitrogens with zero attached hydrogens (tertiary/aromatic N) is 3. The Hall–Kier alpha value is -2.24. The Morgan fingerprint density at radius 2 is 2.33 bits per heavy atom. The van der Waals surface area contributed by atoms with Crippen molar-refractivity contribution in [3.8, 4) is 0 Å². The van der Waals surface area contributed by atoms with E-state index in [9.17, 15) is 9.18 Å². The summed E-state index contributed by atoms with van der Waals surface area (Å²) >= 11 is 0. The van der Waals surface area contributed by atoms with Gasteiger partial charge in [-0.25, -0.2) is 9.37 Å². The first kappa shape index (κ1) is 10.9. The lowest BCUT2D eigenvalue weighted by Gasteiger charge is -2.15. The Labute approximate surface area is 103 Å². The highest BCUT2D eigenvalue weighted by Crippen LogP contribution is 2.29. The van der Waals surface area contributed by atoms with Gasteiger partial charge < -0.3 is 4.90 Å². The van der Waals surface area contributed by atoms with Gasteiger partial charge in [0.1, 0.15) is 11.6 Å². The number of benzene rings is 1. The van der Waals surface area contributed by atoms with Gasteiger partial charge in [-0.2, -0.15) is 0 Å². The minimum atomic E-state index is -0.348. The summed E-state index contributed by atoms with van der Waals surface area (Å²) in [4.78, 5) is 17.7. The van der Waals surface area contributed by atoms with Crippen molar-refractivity contribution in [3.63, 3.8) is 0 Å². The van der Waals surface area contributed by atoms with Crippen molar-refractivity contribution in [2.24, 2.45) is 0 Å². The molecule has 2 aromatic rings. The van der Waals surface area contributed by atoms with Gasteiger partial charge in [-0.3, -0.25) is 9.89 Å². The summed E-state index contributed by atoms with van der Waals surface area (Å²) in [5.74, 6) is 0.0462. The summed E-state index contributed by atoms with van der Waals surface area (Å²) in [5.41, 5.74) is 1.58. The molecule has 0 bridgehead atoms. The second-order valence-corrected chi connectivity index (χ2v) is 4.22. The SMILES string of the molecule is Cc1nc(C(=O)N2CCc3ccc(F)cc32)n[nH]1. The van der Waals surface area contributed by atoms with Crippen LogP contribution in [0, 0.1) is 12.7 Å². The number of hydrogen-bond donors (Lipinski definition) is 1. The van der Waals surface area contributed by atoms with Crippen LogP contribution in [0.5, 0.6) is 0 Å². The molecule has 0 saturated heterocycles. The Balaban J connectivity index is 1.96. The molecule has 0 radical (unpaired) electrons. The summed E-state index contributed by atoms with van der Waals surface area (Å²) in [6, 6.07) is 4.49. The van der Waals surface area contributed by atoms with Crippen LogP contribution < -0.4 is 4.90 Å². The van der Waals surface area contributed by atoms with Gasteiger partial charge in [0, 0.05) is 6.54 Å². The second kappa shape index (κ2) is 3.90. The quantitative estimate of drug-likeness (QED) is 0.828. The first-order valence-electron chi connectivity index (χ1n) is 5.64. The Morgan fingerprint density at radius 1 is 1.50 bits per heavy atom. The number of aryl methyl sites for hydroxylation is 1. The highest BCUT2D eigenvalue weighted by Gasteiger charge is 2.28. The van der Waals surface area contributed by atoms with Gasteiger partial charge in [0.05, 0.1) is 5.69 Å². The number of rotatable bonds is 1. The van der Waals surface area contributed by atoms with Crippen LogP contribution in [-0.4, -0.2) is 27.6 Å². The molecule has 6 heteroatoms. The lowest BCUT2D eigenvalue weighted by molar-refractivity contribution is 0.0980. The number of nitrogens with one attached hydrogen (secondary N) is 1. The van der Waals surface area contributed by atoms with E-state index in [0.717, 1.165) is 12.0 Å². The fraction of sp³-hybridized carbons (Fsp3) is 0.250. The van der Waals surface area contributed by atoms with E-state index in [0.29, 0.717) is 18.1 Å². The Morgan fingerprint density at radius 3 is 3.06 bits per heavy atom. The lowest BCUT2D eigenvalue weighted by atomic mass is 10.2. The number of anilines is 1. The average molecular weight is 246 g/mol. The number of hydrogen-bond acceptors (Lipinski definition) is 3. The van der Waals surface area contributed by atoms with Crippen molar-refractivity contribution in [1.29, 1.82) is 0 Å². The van der Waals surface area contributed by atoms with Crippen LogP contribution >= 0.6 is 0 Å². The molecule has 2 heterocycles. The van der Waals surface area contributed by atoms with Crippen LogP contribution in [0.4, 0.5) is 10.1 Å². The zero-order chi connectivity index (χ0) is 12.7. The van der Waals surface area contributed by atoms with E-state index < -0.39 is 0 Å². The molecule has 1 aromatic heterocycles. The van der Waals surface area contributed by atoms with Gasteiger partial charge in [-0.1, -0.05) is 6.07 Å². The third-order valence-electron chi connectivity index (χ3n) is 2.98. The maximum atomic E-state index is 13.2. The van der Waals surface area contributed by atoms with Gasteiger partial charge in [0.2, 0.25) is 5.82 Å². The highest BCUT2D eigenvalue weighted by molar-refractivity contribution is 6.04. The van der Waals surface area contributed by atoms with E-state index in [2.05, 4.69) is 15.2 Å². The molecule has 1 N–H and O–H groups in total. The topological polar surface area (TPSA) is 61.9 Å². The monoisotopic (exact) mass is 246 g/mol.